The van der Waals surface area contributed by atoms with Crippen LogP contribution in [0.3, 0.4) is 0 Å². The summed E-state index contributed by atoms with van der Waals surface area (Å²) in [7, 11) is 3.28. The number of carbonyl (C=O) groups excluding carboxylic acids is 2. The largest absolute Gasteiger partial charge is 0.324 e. The molecule has 2 rings (SSSR count). The summed E-state index contributed by atoms with van der Waals surface area (Å²) in [6.45, 7) is 0.293. The van der Waals surface area contributed by atoms with Crippen molar-refractivity contribution in [3.63, 3.8) is 0 Å². The van der Waals surface area contributed by atoms with E-state index >= 15 is 0 Å². The summed E-state index contributed by atoms with van der Waals surface area (Å²) in [4.78, 5) is 24.2. The van der Waals surface area contributed by atoms with Crippen molar-refractivity contribution in [2.24, 2.45) is 12.8 Å². The third-order valence-corrected chi connectivity index (χ3v) is 3.91. The van der Waals surface area contributed by atoms with Gasteiger partial charge in [-0.2, -0.15) is 0 Å². The second kappa shape index (κ2) is 4.46. The number of rotatable bonds is 3. The number of thioether (sulfide) groups is 1. The normalized spacial score (nSPS) is 20.4. The predicted molar refractivity (Wildman–Crippen MR) is 60.9 cm³/mol. The highest BCUT2D eigenvalue weighted by molar-refractivity contribution is 8.00. The first-order valence-electron chi connectivity index (χ1n) is 5.10. The molecule has 1 fully saturated rings. The average molecular weight is 255 g/mol. The summed E-state index contributed by atoms with van der Waals surface area (Å²) in [5, 5.41) is 8.05. The van der Waals surface area contributed by atoms with E-state index in [1.807, 2.05) is 0 Å². The zero-order chi connectivity index (χ0) is 12.6. The Balaban J connectivity index is 2.14. The van der Waals surface area contributed by atoms with E-state index in [-0.39, 0.29) is 18.2 Å². The fourth-order valence-electron chi connectivity index (χ4n) is 1.57. The van der Waals surface area contributed by atoms with Crippen LogP contribution >= 0.6 is 11.8 Å². The molecule has 2 amide bonds. The summed E-state index contributed by atoms with van der Waals surface area (Å²) < 4.78 is 1.74. The standard InChI is InChI=1S/C9H13N5O2S/c1-13-6(4-10)11-12-9(13)17-5-3-7(15)14(2)8(5)16/h5H,3-4,10H2,1-2H3. The van der Waals surface area contributed by atoms with E-state index in [2.05, 4.69) is 10.2 Å². The van der Waals surface area contributed by atoms with Gasteiger partial charge in [-0.3, -0.25) is 14.5 Å². The molecule has 1 aliphatic rings. The van der Waals surface area contributed by atoms with Gasteiger partial charge in [0.1, 0.15) is 11.1 Å². The van der Waals surface area contributed by atoms with Gasteiger partial charge in [-0.25, -0.2) is 0 Å². The van der Waals surface area contributed by atoms with E-state index < -0.39 is 5.25 Å². The van der Waals surface area contributed by atoms with E-state index in [0.717, 1.165) is 4.90 Å². The van der Waals surface area contributed by atoms with Gasteiger partial charge in [0.2, 0.25) is 11.8 Å². The van der Waals surface area contributed by atoms with E-state index in [9.17, 15) is 9.59 Å². The number of carbonyl (C=O) groups is 2. The Morgan fingerprint density at radius 2 is 2.12 bits per heavy atom. The molecule has 1 aromatic heterocycles. The summed E-state index contributed by atoms with van der Waals surface area (Å²) in [6.07, 6.45) is 0.213. The number of nitrogens with zero attached hydrogens (tertiary/aromatic N) is 4. The Labute approximate surface area is 102 Å². The third-order valence-electron chi connectivity index (χ3n) is 2.70. The SMILES string of the molecule is CN1C(=O)CC(Sc2nnc(CN)n2C)C1=O. The zero-order valence-corrected chi connectivity index (χ0v) is 10.4. The number of amides is 2. The Bertz CT molecular complexity index is 472. The van der Waals surface area contributed by atoms with Gasteiger partial charge in [-0.15, -0.1) is 10.2 Å². The fraction of sp³-hybridized carbons (Fsp3) is 0.556. The molecule has 1 aromatic rings. The van der Waals surface area contributed by atoms with E-state index in [1.165, 1.54) is 18.8 Å². The molecule has 0 bridgehead atoms. The molecule has 8 heteroatoms. The van der Waals surface area contributed by atoms with Gasteiger partial charge in [-0.05, 0) is 0 Å². The molecule has 1 saturated heterocycles. The van der Waals surface area contributed by atoms with Crippen LogP contribution in [0.1, 0.15) is 12.2 Å². The van der Waals surface area contributed by atoms with Crippen molar-refractivity contribution in [2.45, 2.75) is 23.4 Å². The first kappa shape index (κ1) is 12.1. The van der Waals surface area contributed by atoms with E-state index in [1.54, 1.807) is 11.6 Å². The molecule has 1 atom stereocenters. The molecular weight excluding hydrogens is 242 g/mol. The maximum atomic E-state index is 11.7. The Morgan fingerprint density at radius 1 is 1.41 bits per heavy atom. The maximum absolute atomic E-state index is 11.7. The average Bonchev–Trinajstić information content (AvgIpc) is 2.77. The van der Waals surface area contributed by atoms with Crippen molar-refractivity contribution in [2.75, 3.05) is 7.05 Å². The Morgan fingerprint density at radius 3 is 2.59 bits per heavy atom. The lowest BCUT2D eigenvalue weighted by Gasteiger charge is -2.07. The Hall–Kier alpha value is -1.41. The topological polar surface area (TPSA) is 94.1 Å². The number of likely N-dealkylation sites (tertiary alicyclic amines) is 1. The quantitative estimate of drug-likeness (QED) is 0.705. The van der Waals surface area contributed by atoms with Crippen molar-refractivity contribution < 1.29 is 9.59 Å². The van der Waals surface area contributed by atoms with Crippen LogP contribution in [0.15, 0.2) is 5.16 Å². The van der Waals surface area contributed by atoms with Gasteiger partial charge >= 0.3 is 0 Å². The molecule has 1 aliphatic heterocycles. The number of hydrogen-bond donors (Lipinski definition) is 1. The van der Waals surface area contributed by atoms with Gasteiger partial charge in [-0.1, -0.05) is 11.8 Å². The van der Waals surface area contributed by atoms with Gasteiger partial charge in [0, 0.05) is 20.5 Å². The van der Waals surface area contributed by atoms with Gasteiger partial charge in [0.25, 0.3) is 0 Å². The lowest BCUT2D eigenvalue weighted by molar-refractivity contribution is -0.136. The maximum Gasteiger partial charge on any atom is 0.243 e. The van der Waals surface area contributed by atoms with Crippen LogP contribution in [0.25, 0.3) is 0 Å². The minimum Gasteiger partial charge on any atom is -0.324 e. The van der Waals surface area contributed by atoms with Gasteiger partial charge < -0.3 is 10.3 Å². The van der Waals surface area contributed by atoms with Crippen LogP contribution in [0.2, 0.25) is 0 Å². The van der Waals surface area contributed by atoms with Crippen LogP contribution in [0.5, 0.6) is 0 Å². The molecule has 7 nitrogen and oxygen atoms in total. The van der Waals surface area contributed by atoms with E-state index in [0.29, 0.717) is 17.5 Å². The molecule has 0 aliphatic carbocycles. The third kappa shape index (κ3) is 2.05. The second-order valence-electron chi connectivity index (χ2n) is 3.76. The summed E-state index contributed by atoms with van der Waals surface area (Å²) in [6, 6.07) is 0. The smallest absolute Gasteiger partial charge is 0.243 e. The minimum absolute atomic E-state index is 0.159. The number of aromatic nitrogens is 3. The number of nitrogens with two attached hydrogens (primary N) is 1. The highest BCUT2D eigenvalue weighted by atomic mass is 32.2. The molecule has 2 heterocycles. The summed E-state index contributed by atoms with van der Waals surface area (Å²) in [5.74, 6) is 0.309. The van der Waals surface area contributed by atoms with Crippen LogP contribution in [0.4, 0.5) is 0 Å². The Kier molecular flexibility index (Phi) is 3.16. The van der Waals surface area contributed by atoms with Crippen molar-refractivity contribution in [1.29, 1.82) is 0 Å². The second-order valence-corrected chi connectivity index (χ2v) is 4.93. The van der Waals surface area contributed by atoms with E-state index in [4.69, 9.17) is 5.73 Å². The van der Waals surface area contributed by atoms with Crippen LogP contribution in [0, 0.1) is 0 Å². The molecule has 1 unspecified atom stereocenters. The molecular formula is C9H13N5O2S. The molecule has 0 spiro atoms. The van der Waals surface area contributed by atoms with Gasteiger partial charge in [0.15, 0.2) is 5.16 Å². The summed E-state index contributed by atoms with van der Waals surface area (Å²) in [5.41, 5.74) is 5.48. The summed E-state index contributed by atoms with van der Waals surface area (Å²) >= 11 is 1.25. The molecule has 0 saturated carbocycles. The number of hydrogen-bond acceptors (Lipinski definition) is 6. The fourth-order valence-corrected chi connectivity index (χ4v) is 2.66. The highest BCUT2D eigenvalue weighted by Crippen LogP contribution is 2.29. The van der Waals surface area contributed by atoms with Crippen molar-refractivity contribution >= 4 is 23.6 Å². The minimum atomic E-state index is -0.402. The zero-order valence-electron chi connectivity index (χ0n) is 9.58. The molecule has 17 heavy (non-hydrogen) atoms. The molecule has 0 aromatic carbocycles. The first-order chi connectivity index (χ1) is 8.04. The van der Waals surface area contributed by atoms with Crippen LogP contribution in [-0.4, -0.2) is 43.8 Å². The monoisotopic (exact) mass is 255 g/mol. The van der Waals surface area contributed by atoms with Gasteiger partial charge in [0.05, 0.1) is 6.54 Å². The highest BCUT2D eigenvalue weighted by Gasteiger charge is 2.37. The molecule has 2 N–H and O–H groups in total. The lowest BCUT2D eigenvalue weighted by atomic mass is 10.4. The van der Waals surface area contributed by atoms with Crippen LogP contribution in [-0.2, 0) is 23.2 Å². The molecule has 92 valence electrons. The predicted octanol–water partition coefficient (Wildman–Crippen LogP) is -0.877. The number of imide groups is 1. The van der Waals surface area contributed by atoms with Crippen molar-refractivity contribution in [3.8, 4) is 0 Å². The van der Waals surface area contributed by atoms with Crippen LogP contribution < -0.4 is 5.73 Å². The van der Waals surface area contributed by atoms with Crippen molar-refractivity contribution in [3.05, 3.63) is 5.82 Å². The lowest BCUT2D eigenvalue weighted by Crippen LogP contribution is -2.26. The first-order valence-corrected chi connectivity index (χ1v) is 5.98. The van der Waals surface area contributed by atoms with Crippen molar-refractivity contribution in [1.82, 2.24) is 19.7 Å². The molecule has 0 radical (unpaired) electrons.